The van der Waals surface area contributed by atoms with Gasteiger partial charge in [-0.25, -0.2) is 0 Å². The number of halogens is 1. The van der Waals surface area contributed by atoms with Gasteiger partial charge in [-0.05, 0) is 50.3 Å². The molecule has 0 N–H and O–H groups in total. The maximum atomic E-state index is 5.79. The molecule has 1 aromatic rings. The number of alkyl halides is 1. The van der Waals surface area contributed by atoms with E-state index in [1.54, 1.807) is 0 Å². The number of hydrogen-bond donors (Lipinski definition) is 0. The van der Waals surface area contributed by atoms with Crippen LogP contribution in [0.2, 0.25) is 0 Å². The van der Waals surface area contributed by atoms with Gasteiger partial charge in [-0.3, -0.25) is 0 Å². The molecular weight excluding hydrogens is 208 g/mol. The second-order valence-electron chi connectivity index (χ2n) is 3.90. The van der Waals surface area contributed by atoms with Gasteiger partial charge < -0.3 is 4.74 Å². The van der Waals surface area contributed by atoms with E-state index in [2.05, 4.69) is 32.9 Å². The molecule has 0 heterocycles. The van der Waals surface area contributed by atoms with Gasteiger partial charge in [0.15, 0.2) is 0 Å². The van der Waals surface area contributed by atoms with Crippen molar-refractivity contribution in [2.75, 3.05) is 12.5 Å². The van der Waals surface area contributed by atoms with Gasteiger partial charge in [0.05, 0.1) is 6.61 Å². The fraction of sp³-hybridized carbons (Fsp3) is 0.538. The van der Waals surface area contributed by atoms with Crippen LogP contribution in [0.3, 0.4) is 0 Å². The van der Waals surface area contributed by atoms with Crippen LogP contribution in [-0.2, 0) is 0 Å². The molecule has 0 saturated carbocycles. The number of hydrogen-bond acceptors (Lipinski definition) is 1. The van der Waals surface area contributed by atoms with Gasteiger partial charge in [-0.1, -0.05) is 12.1 Å². The van der Waals surface area contributed by atoms with Crippen LogP contribution in [0.15, 0.2) is 12.1 Å². The van der Waals surface area contributed by atoms with Crippen molar-refractivity contribution in [1.29, 1.82) is 0 Å². The molecule has 0 unspecified atom stereocenters. The molecule has 0 atom stereocenters. The molecule has 0 spiro atoms. The minimum Gasteiger partial charge on any atom is -0.493 e. The van der Waals surface area contributed by atoms with Crippen molar-refractivity contribution in [2.45, 2.75) is 33.6 Å². The van der Waals surface area contributed by atoms with Crippen molar-refractivity contribution >= 4 is 11.6 Å². The van der Waals surface area contributed by atoms with Crippen molar-refractivity contribution in [3.63, 3.8) is 0 Å². The lowest BCUT2D eigenvalue weighted by Crippen LogP contribution is -2.01. The first-order valence-corrected chi connectivity index (χ1v) is 5.96. The quantitative estimate of drug-likeness (QED) is 0.545. The number of benzene rings is 1. The molecule has 0 aliphatic heterocycles. The number of aryl methyl sites for hydroxylation is 2. The first-order chi connectivity index (χ1) is 7.16. The first-order valence-electron chi connectivity index (χ1n) is 5.42. The maximum absolute atomic E-state index is 5.79. The summed E-state index contributed by atoms with van der Waals surface area (Å²) in [6.07, 6.45) is 2.04. The van der Waals surface area contributed by atoms with E-state index in [0.717, 1.165) is 31.1 Å². The normalized spacial score (nSPS) is 10.4. The number of unbranched alkanes of at least 4 members (excludes halogenated alkanes) is 1. The highest BCUT2D eigenvalue weighted by Gasteiger charge is 2.05. The van der Waals surface area contributed by atoms with Crippen LogP contribution in [0.4, 0.5) is 0 Å². The van der Waals surface area contributed by atoms with Gasteiger partial charge in [0.2, 0.25) is 0 Å². The summed E-state index contributed by atoms with van der Waals surface area (Å²) in [5.41, 5.74) is 3.75. The van der Waals surface area contributed by atoms with Crippen molar-refractivity contribution in [3.8, 4) is 5.75 Å². The molecule has 0 amide bonds. The summed E-state index contributed by atoms with van der Waals surface area (Å²) in [6.45, 7) is 7.07. The second-order valence-corrected chi connectivity index (χ2v) is 4.28. The third kappa shape index (κ3) is 3.42. The monoisotopic (exact) mass is 226 g/mol. The number of rotatable bonds is 5. The van der Waals surface area contributed by atoms with Crippen molar-refractivity contribution in [1.82, 2.24) is 0 Å². The maximum Gasteiger partial charge on any atom is 0.125 e. The van der Waals surface area contributed by atoms with Crippen LogP contribution in [0.5, 0.6) is 5.75 Å². The zero-order valence-corrected chi connectivity index (χ0v) is 10.5. The lowest BCUT2D eigenvalue weighted by Gasteiger charge is -2.13. The molecule has 0 aliphatic rings. The molecular formula is C13H19ClO. The fourth-order valence-electron chi connectivity index (χ4n) is 1.52. The Morgan fingerprint density at radius 1 is 1.07 bits per heavy atom. The Bertz CT molecular complexity index is 321. The minimum atomic E-state index is 0.717. The summed E-state index contributed by atoms with van der Waals surface area (Å²) in [4.78, 5) is 0. The Hall–Kier alpha value is -0.690. The summed E-state index contributed by atoms with van der Waals surface area (Å²) in [5, 5.41) is 0. The molecule has 0 bridgehead atoms. The van der Waals surface area contributed by atoms with E-state index in [1.165, 1.54) is 16.7 Å². The summed E-state index contributed by atoms with van der Waals surface area (Å²) in [6, 6.07) is 4.25. The topological polar surface area (TPSA) is 9.23 Å². The highest BCUT2D eigenvalue weighted by molar-refractivity contribution is 6.17. The molecule has 0 saturated heterocycles. The molecule has 0 aliphatic carbocycles. The summed E-state index contributed by atoms with van der Waals surface area (Å²) in [7, 11) is 0. The third-order valence-corrected chi connectivity index (χ3v) is 2.92. The van der Waals surface area contributed by atoms with Crippen LogP contribution in [0, 0.1) is 20.8 Å². The largest absolute Gasteiger partial charge is 0.493 e. The minimum absolute atomic E-state index is 0.717. The molecule has 0 fully saturated rings. The zero-order valence-electron chi connectivity index (χ0n) is 9.77. The van der Waals surface area contributed by atoms with Crippen LogP contribution in [-0.4, -0.2) is 12.5 Å². The average Bonchev–Trinajstić information content (AvgIpc) is 2.23. The molecule has 0 radical (unpaired) electrons. The van der Waals surface area contributed by atoms with Crippen molar-refractivity contribution < 1.29 is 4.74 Å². The summed E-state index contributed by atoms with van der Waals surface area (Å²) >= 11 is 5.62. The lowest BCUT2D eigenvalue weighted by atomic mass is 10.1. The van der Waals surface area contributed by atoms with Gasteiger partial charge in [0.1, 0.15) is 5.75 Å². The zero-order chi connectivity index (χ0) is 11.3. The van der Waals surface area contributed by atoms with Crippen LogP contribution in [0.25, 0.3) is 0 Å². The highest BCUT2D eigenvalue weighted by atomic mass is 35.5. The van der Waals surface area contributed by atoms with Gasteiger partial charge in [0, 0.05) is 5.88 Å². The predicted octanol–water partition coefficient (Wildman–Crippen LogP) is 4.01. The molecule has 1 aromatic carbocycles. The Kier molecular flexibility index (Phi) is 4.97. The first kappa shape index (κ1) is 12.4. The molecule has 1 rings (SSSR count). The second kappa shape index (κ2) is 6.02. The summed E-state index contributed by atoms with van der Waals surface area (Å²) < 4.78 is 5.79. The Morgan fingerprint density at radius 2 is 1.73 bits per heavy atom. The van der Waals surface area contributed by atoms with Crippen LogP contribution < -0.4 is 4.74 Å². The average molecular weight is 227 g/mol. The number of ether oxygens (including phenoxy) is 1. The van der Waals surface area contributed by atoms with E-state index in [4.69, 9.17) is 16.3 Å². The van der Waals surface area contributed by atoms with Crippen LogP contribution in [0.1, 0.15) is 29.5 Å². The lowest BCUT2D eigenvalue weighted by molar-refractivity contribution is 0.305. The van der Waals surface area contributed by atoms with E-state index >= 15 is 0 Å². The Morgan fingerprint density at radius 3 is 2.40 bits per heavy atom. The van der Waals surface area contributed by atoms with Crippen molar-refractivity contribution in [3.05, 3.63) is 28.8 Å². The standard InChI is InChI=1S/C13H19ClO/c1-10-6-7-11(2)13(12(10)3)15-9-5-4-8-14/h6-7H,4-5,8-9H2,1-3H3. The molecule has 0 aromatic heterocycles. The molecule has 15 heavy (non-hydrogen) atoms. The Balaban J connectivity index is 2.63. The van der Waals surface area contributed by atoms with Gasteiger partial charge in [0.25, 0.3) is 0 Å². The highest BCUT2D eigenvalue weighted by Crippen LogP contribution is 2.25. The molecule has 84 valence electrons. The summed E-state index contributed by atoms with van der Waals surface area (Å²) in [5.74, 6) is 1.76. The van der Waals surface area contributed by atoms with Gasteiger partial charge in [-0.15, -0.1) is 11.6 Å². The van der Waals surface area contributed by atoms with Gasteiger partial charge in [-0.2, -0.15) is 0 Å². The smallest absolute Gasteiger partial charge is 0.125 e. The van der Waals surface area contributed by atoms with E-state index in [1.807, 2.05) is 0 Å². The van der Waals surface area contributed by atoms with E-state index < -0.39 is 0 Å². The van der Waals surface area contributed by atoms with Gasteiger partial charge >= 0.3 is 0 Å². The van der Waals surface area contributed by atoms with E-state index in [0.29, 0.717) is 0 Å². The van der Waals surface area contributed by atoms with Crippen LogP contribution >= 0.6 is 11.6 Å². The van der Waals surface area contributed by atoms with E-state index in [-0.39, 0.29) is 0 Å². The fourth-order valence-corrected chi connectivity index (χ4v) is 1.71. The Labute approximate surface area is 97.4 Å². The predicted molar refractivity (Wildman–Crippen MR) is 66.1 cm³/mol. The SMILES string of the molecule is Cc1ccc(C)c(OCCCCCl)c1C. The molecule has 2 heteroatoms. The third-order valence-electron chi connectivity index (χ3n) is 2.65. The van der Waals surface area contributed by atoms with Crippen molar-refractivity contribution in [2.24, 2.45) is 0 Å². The van der Waals surface area contributed by atoms with E-state index in [9.17, 15) is 0 Å². The molecule has 1 nitrogen and oxygen atoms in total.